The number of amides is 2. The molecule has 2 amide bonds. The van der Waals surface area contributed by atoms with Crippen LogP contribution in [0.15, 0.2) is 33.1 Å². The molecular formula is C19H17F2N3O5. The highest BCUT2D eigenvalue weighted by Gasteiger charge is 2.26. The van der Waals surface area contributed by atoms with Gasteiger partial charge in [-0.2, -0.15) is 0 Å². The Bertz CT molecular complexity index is 1110. The predicted octanol–water partition coefficient (Wildman–Crippen LogP) is 2.57. The van der Waals surface area contributed by atoms with E-state index in [9.17, 15) is 23.5 Å². The smallest absolute Gasteiger partial charge is 0.291 e. The SMILES string of the molecule is NC(=O)c1oc2c(F)cc(F)cc2c1NC(=O)c1ccc(CN2CCCC2O)o1. The summed E-state index contributed by atoms with van der Waals surface area (Å²) < 4.78 is 38.2. The minimum absolute atomic E-state index is 0.0877. The van der Waals surface area contributed by atoms with Crippen LogP contribution < -0.4 is 11.1 Å². The Morgan fingerprint density at radius 1 is 1.28 bits per heavy atom. The molecule has 1 aromatic carbocycles. The van der Waals surface area contributed by atoms with Crippen molar-refractivity contribution in [1.82, 2.24) is 4.90 Å². The van der Waals surface area contributed by atoms with Gasteiger partial charge >= 0.3 is 0 Å². The molecule has 0 saturated carbocycles. The highest BCUT2D eigenvalue weighted by Crippen LogP contribution is 2.33. The molecule has 1 unspecified atom stereocenters. The third-order valence-electron chi connectivity index (χ3n) is 4.74. The van der Waals surface area contributed by atoms with E-state index in [1.165, 1.54) is 6.07 Å². The number of nitrogens with one attached hydrogen (secondary N) is 1. The van der Waals surface area contributed by atoms with E-state index < -0.39 is 41.0 Å². The Balaban J connectivity index is 1.61. The Morgan fingerprint density at radius 3 is 2.76 bits per heavy atom. The Labute approximate surface area is 162 Å². The first-order chi connectivity index (χ1) is 13.8. The molecule has 8 nitrogen and oxygen atoms in total. The fourth-order valence-corrected chi connectivity index (χ4v) is 3.38. The maximum Gasteiger partial charge on any atom is 0.291 e. The topological polar surface area (TPSA) is 122 Å². The standard InChI is InChI=1S/C19H17F2N3O5/c20-9-6-11-15(17(18(22)26)29-16(11)12(21)7-9)23-19(27)13-4-3-10(28-13)8-24-5-1-2-14(24)25/h3-4,6-7,14,25H,1-2,5,8H2,(H2,22,26)(H,23,27). The molecule has 1 aliphatic heterocycles. The van der Waals surface area contributed by atoms with Crippen LogP contribution in [0.4, 0.5) is 14.5 Å². The molecule has 0 radical (unpaired) electrons. The number of fused-ring (bicyclic) bond motifs is 1. The number of hydrogen-bond donors (Lipinski definition) is 3. The first-order valence-electron chi connectivity index (χ1n) is 8.87. The summed E-state index contributed by atoms with van der Waals surface area (Å²) in [7, 11) is 0. The van der Waals surface area contributed by atoms with E-state index in [-0.39, 0.29) is 16.8 Å². The van der Waals surface area contributed by atoms with Crippen LogP contribution in [0.2, 0.25) is 0 Å². The number of nitrogens with two attached hydrogens (primary N) is 1. The molecular weight excluding hydrogens is 388 g/mol. The maximum absolute atomic E-state index is 14.0. The lowest BCUT2D eigenvalue weighted by Gasteiger charge is -2.17. The third-order valence-corrected chi connectivity index (χ3v) is 4.74. The monoisotopic (exact) mass is 405 g/mol. The van der Waals surface area contributed by atoms with Crippen LogP contribution in [-0.2, 0) is 6.54 Å². The number of anilines is 1. The summed E-state index contributed by atoms with van der Waals surface area (Å²) in [5.41, 5.74) is 4.59. The molecule has 0 bridgehead atoms. The zero-order valence-corrected chi connectivity index (χ0v) is 15.1. The predicted molar refractivity (Wildman–Crippen MR) is 97.0 cm³/mol. The third kappa shape index (κ3) is 3.59. The van der Waals surface area contributed by atoms with Crippen molar-refractivity contribution in [3.63, 3.8) is 0 Å². The minimum Gasteiger partial charge on any atom is -0.455 e. The molecule has 152 valence electrons. The number of furan rings is 2. The lowest BCUT2D eigenvalue weighted by Crippen LogP contribution is -2.28. The molecule has 1 atom stereocenters. The van der Waals surface area contributed by atoms with Crippen LogP contribution >= 0.6 is 0 Å². The zero-order chi connectivity index (χ0) is 20.7. The van der Waals surface area contributed by atoms with Gasteiger partial charge < -0.3 is 25.0 Å². The summed E-state index contributed by atoms with van der Waals surface area (Å²) in [6.07, 6.45) is 0.980. The van der Waals surface area contributed by atoms with Crippen LogP contribution in [0.1, 0.15) is 39.7 Å². The Kier molecular flexibility index (Phi) is 4.81. The molecule has 29 heavy (non-hydrogen) atoms. The highest BCUT2D eigenvalue weighted by molar-refractivity contribution is 6.13. The van der Waals surface area contributed by atoms with Crippen LogP contribution in [0.25, 0.3) is 11.0 Å². The molecule has 10 heteroatoms. The number of nitrogens with zero attached hydrogens (tertiary/aromatic N) is 1. The summed E-state index contributed by atoms with van der Waals surface area (Å²) >= 11 is 0. The fraction of sp³-hybridized carbons (Fsp3) is 0.263. The van der Waals surface area contributed by atoms with E-state index in [1.54, 1.807) is 11.0 Å². The summed E-state index contributed by atoms with van der Waals surface area (Å²) in [6.45, 7) is 1.04. The molecule has 4 N–H and O–H groups in total. The van der Waals surface area contributed by atoms with E-state index in [4.69, 9.17) is 14.6 Å². The normalized spacial score (nSPS) is 17.1. The molecule has 1 saturated heterocycles. The van der Waals surface area contributed by atoms with Gasteiger partial charge in [-0.15, -0.1) is 0 Å². The first-order valence-corrected chi connectivity index (χ1v) is 8.87. The van der Waals surface area contributed by atoms with Gasteiger partial charge in [-0.3, -0.25) is 14.5 Å². The summed E-state index contributed by atoms with van der Waals surface area (Å²) in [4.78, 5) is 26.0. The second-order valence-corrected chi connectivity index (χ2v) is 6.75. The van der Waals surface area contributed by atoms with Crippen molar-refractivity contribution in [2.45, 2.75) is 25.6 Å². The van der Waals surface area contributed by atoms with Crippen molar-refractivity contribution in [2.75, 3.05) is 11.9 Å². The number of likely N-dealkylation sites (tertiary alicyclic amines) is 1. The average Bonchev–Trinajstić information content (AvgIpc) is 3.36. The average molecular weight is 405 g/mol. The minimum atomic E-state index is -1.06. The maximum atomic E-state index is 14.0. The van der Waals surface area contributed by atoms with E-state index in [1.807, 2.05) is 0 Å². The number of rotatable bonds is 5. The van der Waals surface area contributed by atoms with Crippen molar-refractivity contribution >= 4 is 28.5 Å². The summed E-state index contributed by atoms with van der Waals surface area (Å²) in [6, 6.07) is 4.52. The molecule has 1 fully saturated rings. The van der Waals surface area contributed by atoms with Crippen LogP contribution in [0.3, 0.4) is 0 Å². The fourth-order valence-electron chi connectivity index (χ4n) is 3.38. The van der Waals surface area contributed by atoms with Crippen molar-refractivity contribution in [3.05, 3.63) is 53.2 Å². The van der Waals surface area contributed by atoms with Gasteiger partial charge in [-0.25, -0.2) is 8.78 Å². The molecule has 3 heterocycles. The van der Waals surface area contributed by atoms with Crippen LogP contribution in [0, 0.1) is 11.6 Å². The molecule has 4 rings (SSSR count). The summed E-state index contributed by atoms with van der Waals surface area (Å²) in [5.74, 6) is -3.90. The van der Waals surface area contributed by atoms with E-state index in [0.717, 1.165) is 12.5 Å². The van der Waals surface area contributed by atoms with Crippen molar-refractivity contribution in [3.8, 4) is 0 Å². The molecule has 0 spiro atoms. The molecule has 0 aliphatic carbocycles. The second-order valence-electron chi connectivity index (χ2n) is 6.75. The zero-order valence-electron chi connectivity index (χ0n) is 15.1. The highest BCUT2D eigenvalue weighted by atomic mass is 19.1. The van der Waals surface area contributed by atoms with Gasteiger partial charge in [0.25, 0.3) is 11.8 Å². The van der Waals surface area contributed by atoms with Gasteiger partial charge in [0.1, 0.15) is 23.5 Å². The number of benzene rings is 1. The number of halogens is 2. The number of carbonyl (C=O) groups excluding carboxylic acids is 2. The van der Waals surface area contributed by atoms with Gasteiger partial charge in [0.2, 0.25) is 5.76 Å². The van der Waals surface area contributed by atoms with Gasteiger partial charge in [-0.05, 0) is 31.0 Å². The number of carbonyl (C=O) groups is 2. The lowest BCUT2D eigenvalue weighted by atomic mass is 10.2. The van der Waals surface area contributed by atoms with Crippen LogP contribution in [-0.4, -0.2) is 34.6 Å². The van der Waals surface area contributed by atoms with Gasteiger partial charge in [-0.1, -0.05) is 0 Å². The largest absolute Gasteiger partial charge is 0.455 e. The van der Waals surface area contributed by atoms with Crippen molar-refractivity contribution in [1.29, 1.82) is 0 Å². The molecule has 1 aliphatic rings. The van der Waals surface area contributed by atoms with Crippen molar-refractivity contribution < 1.29 is 32.3 Å². The second kappa shape index (κ2) is 7.30. The van der Waals surface area contributed by atoms with Crippen molar-refractivity contribution in [2.24, 2.45) is 5.73 Å². The van der Waals surface area contributed by atoms with Crippen LogP contribution in [0.5, 0.6) is 0 Å². The summed E-state index contributed by atoms with van der Waals surface area (Å²) in [5, 5.41) is 12.1. The first kappa shape index (κ1) is 19.1. The quantitative estimate of drug-likeness (QED) is 0.600. The number of primary amides is 1. The van der Waals surface area contributed by atoms with Gasteiger partial charge in [0, 0.05) is 12.6 Å². The Morgan fingerprint density at radius 2 is 2.07 bits per heavy atom. The van der Waals surface area contributed by atoms with Gasteiger partial charge in [0.05, 0.1) is 11.9 Å². The lowest BCUT2D eigenvalue weighted by molar-refractivity contribution is 0.0284. The van der Waals surface area contributed by atoms with E-state index in [2.05, 4.69) is 5.32 Å². The Hall–Kier alpha value is -3.24. The van der Waals surface area contributed by atoms with E-state index >= 15 is 0 Å². The van der Waals surface area contributed by atoms with Gasteiger partial charge in [0.15, 0.2) is 17.2 Å². The number of hydrogen-bond acceptors (Lipinski definition) is 6. The molecule has 2 aromatic heterocycles. The number of aliphatic hydroxyl groups excluding tert-OH is 1. The van der Waals surface area contributed by atoms with E-state index in [0.29, 0.717) is 31.3 Å². The number of aliphatic hydroxyl groups is 1. The molecule has 3 aromatic rings.